The summed E-state index contributed by atoms with van der Waals surface area (Å²) < 4.78 is 0. The Labute approximate surface area is 186 Å². The third-order valence-electron chi connectivity index (χ3n) is 6.59. The highest BCUT2D eigenvalue weighted by atomic mass is 14.6. The van der Waals surface area contributed by atoms with Crippen molar-refractivity contribution in [2.45, 2.75) is 38.5 Å². The lowest BCUT2D eigenvalue weighted by Crippen LogP contribution is -2.29. The molecule has 156 valence electrons. The molecule has 1 nitrogen and oxygen atoms in total. The molecule has 4 aromatic rings. The highest BCUT2D eigenvalue weighted by Crippen LogP contribution is 2.47. The zero-order chi connectivity index (χ0) is 22.1. The standard InChI is InChI=1S/C30H31N/c1-29(2,23-16-10-6-11-17-23)25-20-21-26(31)27(22-14-8-5-9-15-22)28(25)30(3,4)24-18-12-7-13-19-24/h5-21H,31H2,1-4H3. The molecule has 0 amide bonds. The van der Waals surface area contributed by atoms with Gasteiger partial charge in [-0.3, -0.25) is 0 Å². The first-order valence-electron chi connectivity index (χ1n) is 10.9. The first-order valence-corrected chi connectivity index (χ1v) is 10.9. The molecule has 0 unspecified atom stereocenters. The number of anilines is 1. The molecular formula is C30H31N. The zero-order valence-electron chi connectivity index (χ0n) is 18.9. The summed E-state index contributed by atoms with van der Waals surface area (Å²) in [5.74, 6) is 0. The normalized spacial score (nSPS) is 12.0. The predicted molar refractivity (Wildman–Crippen MR) is 133 cm³/mol. The SMILES string of the molecule is CC(C)(c1ccccc1)c1ccc(N)c(-c2ccccc2)c1C(C)(C)c1ccccc1. The minimum Gasteiger partial charge on any atom is -0.398 e. The Balaban J connectivity index is 2.08. The van der Waals surface area contributed by atoms with Crippen LogP contribution in [0.15, 0.2) is 103 Å². The number of benzene rings is 4. The largest absolute Gasteiger partial charge is 0.398 e. The van der Waals surface area contributed by atoms with Gasteiger partial charge in [0.15, 0.2) is 0 Å². The second-order valence-electron chi connectivity index (χ2n) is 9.30. The van der Waals surface area contributed by atoms with E-state index in [0.717, 1.165) is 16.8 Å². The third-order valence-corrected chi connectivity index (χ3v) is 6.59. The van der Waals surface area contributed by atoms with Crippen LogP contribution in [0, 0.1) is 0 Å². The van der Waals surface area contributed by atoms with Crippen LogP contribution in [0.1, 0.15) is 49.9 Å². The van der Waals surface area contributed by atoms with Crippen LogP contribution < -0.4 is 5.73 Å². The van der Waals surface area contributed by atoms with Crippen LogP contribution in [0.25, 0.3) is 11.1 Å². The Morgan fingerprint density at radius 2 is 0.968 bits per heavy atom. The third kappa shape index (κ3) is 3.77. The van der Waals surface area contributed by atoms with Crippen LogP contribution in [0.3, 0.4) is 0 Å². The fourth-order valence-electron chi connectivity index (χ4n) is 4.71. The molecule has 0 aliphatic heterocycles. The molecule has 0 aromatic heterocycles. The number of hydrogen-bond acceptors (Lipinski definition) is 1. The van der Waals surface area contributed by atoms with E-state index in [4.69, 9.17) is 5.73 Å². The van der Waals surface area contributed by atoms with E-state index in [1.54, 1.807) is 0 Å². The smallest absolute Gasteiger partial charge is 0.0397 e. The highest BCUT2D eigenvalue weighted by Gasteiger charge is 2.36. The lowest BCUT2D eigenvalue weighted by molar-refractivity contribution is 0.580. The summed E-state index contributed by atoms with van der Waals surface area (Å²) >= 11 is 0. The van der Waals surface area contributed by atoms with Gasteiger partial charge in [-0.1, -0.05) is 125 Å². The average molecular weight is 406 g/mol. The Bertz CT molecular complexity index is 1160. The summed E-state index contributed by atoms with van der Waals surface area (Å²) in [7, 11) is 0. The van der Waals surface area contributed by atoms with Crippen molar-refractivity contribution in [1.82, 2.24) is 0 Å². The van der Waals surface area contributed by atoms with Crippen molar-refractivity contribution in [3.63, 3.8) is 0 Å². The van der Waals surface area contributed by atoms with Crippen LogP contribution in [-0.4, -0.2) is 0 Å². The maximum Gasteiger partial charge on any atom is 0.0397 e. The van der Waals surface area contributed by atoms with Crippen molar-refractivity contribution < 1.29 is 0 Å². The van der Waals surface area contributed by atoms with E-state index in [0.29, 0.717) is 0 Å². The molecule has 0 aliphatic rings. The molecule has 0 bridgehead atoms. The second-order valence-corrected chi connectivity index (χ2v) is 9.30. The highest BCUT2D eigenvalue weighted by molar-refractivity contribution is 5.83. The number of hydrogen-bond donors (Lipinski definition) is 1. The van der Waals surface area contributed by atoms with E-state index in [1.165, 1.54) is 22.3 Å². The van der Waals surface area contributed by atoms with E-state index in [2.05, 4.69) is 131 Å². The van der Waals surface area contributed by atoms with Crippen LogP contribution in [0.4, 0.5) is 5.69 Å². The average Bonchev–Trinajstić information content (AvgIpc) is 2.80. The van der Waals surface area contributed by atoms with Gasteiger partial charge >= 0.3 is 0 Å². The summed E-state index contributed by atoms with van der Waals surface area (Å²) in [6.45, 7) is 9.25. The van der Waals surface area contributed by atoms with Crippen molar-refractivity contribution in [3.05, 3.63) is 125 Å². The van der Waals surface area contributed by atoms with Gasteiger partial charge in [-0.05, 0) is 33.9 Å². The van der Waals surface area contributed by atoms with Crippen molar-refractivity contribution in [2.75, 3.05) is 5.73 Å². The lowest BCUT2D eigenvalue weighted by Gasteiger charge is -2.38. The zero-order valence-corrected chi connectivity index (χ0v) is 18.9. The van der Waals surface area contributed by atoms with E-state index in [1.807, 2.05) is 0 Å². The minimum atomic E-state index is -0.233. The maximum atomic E-state index is 6.68. The van der Waals surface area contributed by atoms with E-state index >= 15 is 0 Å². The van der Waals surface area contributed by atoms with Crippen LogP contribution in [0.5, 0.6) is 0 Å². The summed E-state index contributed by atoms with van der Waals surface area (Å²) in [4.78, 5) is 0. The molecule has 0 fully saturated rings. The Kier molecular flexibility index (Phi) is 5.45. The molecule has 0 saturated heterocycles. The van der Waals surface area contributed by atoms with Crippen LogP contribution >= 0.6 is 0 Å². The van der Waals surface area contributed by atoms with Gasteiger partial charge < -0.3 is 5.73 Å². The van der Waals surface area contributed by atoms with Gasteiger partial charge in [-0.15, -0.1) is 0 Å². The number of nitrogen functional groups attached to an aromatic ring is 1. The Morgan fingerprint density at radius 1 is 0.516 bits per heavy atom. The first-order chi connectivity index (χ1) is 14.8. The Morgan fingerprint density at radius 3 is 1.48 bits per heavy atom. The molecule has 0 radical (unpaired) electrons. The van der Waals surface area contributed by atoms with Crippen molar-refractivity contribution >= 4 is 5.69 Å². The molecule has 0 heterocycles. The summed E-state index contributed by atoms with van der Waals surface area (Å²) in [5.41, 5.74) is 14.5. The number of rotatable bonds is 5. The molecule has 0 spiro atoms. The second kappa shape index (κ2) is 8.07. The lowest BCUT2D eigenvalue weighted by atomic mass is 9.66. The topological polar surface area (TPSA) is 26.0 Å². The predicted octanol–water partition coefficient (Wildman–Crippen LogP) is 7.59. The van der Waals surface area contributed by atoms with Crippen molar-refractivity contribution in [3.8, 4) is 11.1 Å². The van der Waals surface area contributed by atoms with Gasteiger partial charge in [-0.2, -0.15) is 0 Å². The fourth-order valence-corrected chi connectivity index (χ4v) is 4.71. The van der Waals surface area contributed by atoms with Gasteiger partial charge in [0.25, 0.3) is 0 Å². The van der Waals surface area contributed by atoms with Gasteiger partial charge in [0.1, 0.15) is 0 Å². The minimum absolute atomic E-state index is 0.181. The van der Waals surface area contributed by atoms with E-state index in [-0.39, 0.29) is 10.8 Å². The summed E-state index contributed by atoms with van der Waals surface area (Å²) in [6, 6.07) is 36.4. The van der Waals surface area contributed by atoms with Gasteiger partial charge in [0.05, 0.1) is 0 Å². The van der Waals surface area contributed by atoms with Crippen LogP contribution in [-0.2, 0) is 10.8 Å². The van der Waals surface area contributed by atoms with Gasteiger partial charge in [-0.25, -0.2) is 0 Å². The molecule has 4 aromatic carbocycles. The maximum absolute atomic E-state index is 6.68. The van der Waals surface area contributed by atoms with Crippen LogP contribution in [0.2, 0.25) is 0 Å². The monoisotopic (exact) mass is 405 g/mol. The molecule has 0 atom stereocenters. The number of nitrogens with two attached hydrogens (primary N) is 1. The quantitative estimate of drug-likeness (QED) is 0.340. The van der Waals surface area contributed by atoms with Gasteiger partial charge in [0.2, 0.25) is 0 Å². The molecule has 4 rings (SSSR count). The van der Waals surface area contributed by atoms with E-state index in [9.17, 15) is 0 Å². The fraction of sp³-hybridized carbons (Fsp3) is 0.200. The van der Waals surface area contributed by atoms with E-state index < -0.39 is 0 Å². The molecular weight excluding hydrogens is 374 g/mol. The summed E-state index contributed by atoms with van der Waals surface area (Å²) in [6.07, 6.45) is 0. The molecule has 2 N–H and O–H groups in total. The van der Waals surface area contributed by atoms with Crippen molar-refractivity contribution in [1.29, 1.82) is 0 Å². The first kappa shape index (κ1) is 20.9. The van der Waals surface area contributed by atoms with Gasteiger partial charge in [0, 0.05) is 22.1 Å². The Hall–Kier alpha value is -3.32. The summed E-state index contributed by atoms with van der Waals surface area (Å²) in [5, 5.41) is 0. The molecule has 0 saturated carbocycles. The molecule has 31 heavy (non-hydrogen) atoms. The van der Waals surface area contributed by atoms with Crippen molar-refractivity contribution in [2.24, 2.45) is 0 Å². The molecule has 1 heteroatoms. The molecule has 0 aliphatic carbocycles.